The lowest BCUT2D eigenvalue weighted by Crippen LogP contribution is -2.38. The van der Waals surface area contributed by atoms with Crippen LogP contribution in [0.15, 0.2) is 58.5 Å². The third-order valence-electron chi connectivity index (χ3n) is 7.67. The van der Waals surface area contributed by atoms with Crippen molar-refractivity contribution in [2.45, 2.75) is 62.6 Å². The van der Waals surface area contributed by atoms with Crippen LogP contribution in [0, 0.1) is 5.95 Å². The highest BCUT2D eigenvalue weighted by atomic mass is 32.2. The molecule has 0 aliphatic heterocycles. The first-order valence-corrected chi connectivity index (χ1v) is 15.3. The minimum absolute atomic E-state index is 0.00255. The molecule has 1 aromatic carbocycles. The number of hydrogen-bond acceptors (Lipinski definition) is 7. The average Bonchev–Trinajstić information content (AvgIpc) is 3.68. The largest absolute Gasteiger partial charge is 0.444 e. The molecule has 0 saturated heterocycles. The maximum Gasteiger partial charge on any atom is 0.407 e. The zero-order valence-electron chi connectivity index (χ0n) is 24.4. The maximum absolute atomic E-state index is 15.1. The van der Waals surface area contributed by atoms with E-state index in [1.54, 1.807) is 63.7 Å². The SMILES string of the molecule is Cn1cc(-c2cc3c(ncc4c3n([C@@H]3CC[C@@H](NC(=O)OC(C)(C)C)C3)c(=O)n4C)n2S(=O)(=O)c2ccccc2)c(F)n1. The number of fused-ring (bicyclic) bond motifs is 3. The predicted molar refractivity (Wildman–Crippen MR) is 158 cm³/mol. The third kappa shape index (κ3) is 4.88. The summed E-state index contributed by atoms with van der Waals surface area (Å²) in [5.41, 5.74) is 0.0759. The number of nitrogens with zero attached hydrogens (tertiary/aromatic N) is 6. The smallest absolute Gasteiger partial charge is 0.407 e. The molecule has 1 fully saturated rings. The van der Waals surface area contributed by atoms with E-state index in [1.165, 1.54) is 33.8 Å². The van der Waals surface area contributed by atoms with Crippen molar-refractivity contribution in [3.8, 4) is 11.3 Å². The number of aryl methyl sites for hydroxylation is 2. The summed E-state index contributed by atoms with van der Waals surface area (Å²) in [5.74, 6) is -0.844. The molecular weight excluding hydrogens is 577 g/mol. The maximum atomic E-state index is 15.1. The molecule has 0 radical (unpaired) electrons. The molecule has 1 aliphatic rings. The minimum Gasteiger partial charge on any atom is -0.444 e. The molecule has 1 saturated carbocycles. The molecule has 0 spiro atoms. The van der Waals surface area contributed by atoms with E-state index in [1.807, 2.05) is 0 Å². The molecule has 14 heteroatoms. The number of hydrogen-bond donors (Lipinski definition) is 1. The van der Waals surface area contributed by atoms with Gasteiger partial charge in [0.1, 0.15) is 5.60 Å². The quantitative estimate of drug-likeness (QED) is 0.317. The number of pyridine rings is 1. The van der Waals surface area contributed by atoms with Crippen LogP contribution in [0.25, 0.3) is 33.3 Å². The van der Waals surface area contributed by atoms with Crippen LogP contribution in [0.4, 0.5) is 9.18 Å². The molecule has 6 rings (SSSR count). The minimum atomic E-state index is -4.25. The fourth-order valence-corrected chi connectivity index (χ4v) is 7.35. The highest BCUT2D eigenvalue weighted by Gasteiger charge is 2.34. The number of carbonyl (C=O) groups is 1. The van der Waals surface area contributed by atoms with E-state index >= 15 is 4.39 Å². The molecule has 0 bridgehead atoms. The van der Waals surface area contributed by atoms with Crippen LogP contribution >= 0.6 is 0 Å². The van der Waals surface area contributed by atoms with Crippen molar-refractivity contribution in [1.82, 2.24) is 33.2 Å². The zero-order valence-corrected chi connectivity index (χ0v) is 25.2. The predicted octanol–water partition coefficient (Wildman–Crippen LogP) is 4.08. The Balaban J connectivity index is 1.54. The molecule has 43 heavy (non-hydrogen) atoms. The Hall–Kier alpha value is -4.46. The Morgan fingerprint density at radius 2 is 1.86 bits per heavy atom. The number of ether oxygens (including phenoxy) is 1. The van der Waals surface area contributed by atoms with Crippen LogP contribution in [0.1, 0.15) is 46.1 Å². The first kappa shape index (κ1) is 28.6. The van der Waals surface area contributed by atoms with Gasteiger partial charge in [0.2, 0.25) is 5.95 Å². The Labute approximate surface area is 246 Å². The van der Waals surface area contributed by atoms with Gasteiger partial charge in [0.15, 0.2) is 5.65 Å². The van der Waals surface area contributed by atoms with Crippen molar-refractivity contribution >= 4 is 38.2 Å². The number of alkyl carbamates (subject to hydrolysis) is 1. The Bertz CT molecular complexity index is 2050. The molecule has 0 unspecified atom stereocenters. The second-order valence-electron chi connectivity index (χ2n) is 11.9. The summed E-state index contributed by atoms with van der Waals surface area (Å²) in [6.45, 7) is 5.36. The van der Waals surface area contributed by atoms with Gasteiger partial charge in [0.25, 0.3) is 10.0 Å². The number of halogens is 1. The number of aromatic nitrogens is 6. The second kappa shape index (κ2) is 10.1. The van der Waals surface area contributed by atoms with Gasteiger partial charge in [0.05, 0.1) is 33.4 Å². The van der Waals surface area contributed by atoms with Crippen LogP contribution in [0.2, 0.25) is 0 Å². The van der Waals surface area contributed by atoms with Crippen molar-refractivity contribution in [3.05, 3.63) is 65.2 Å². The lowest BCUT2D eigenvalue weighted by atomic mass is 10.2. The van der Waals surface area contributed by atoms with Crippen molar-refractivity contribution in [2.75, 3.05) is 0 Å². The van der Waals surface area contributed by atoms with Gasteiger partial charge in [-0.15, -0.1) is 5.10 Å². The van der Waals surface area contributed by atoms with E-state index in [-0.39, 0.29) is 39.6 Å². The van der Waals surface area contributed by atoms with Crippen LogP contribution in [-0.2, 0) is 28.9 Å². The number of imidazole rings is 1. The topological polar surface area (TPSA) is 135 Å². The average molecular weight is 610 g/mol. The van der Waals surface area contributed by atoms with E-state index in [2.05, 4.69) is 15.4 Å². The Morgan fingerprint density at radius 1 is 1.14 bits per heavy atom. The summed E-state index contributed by atoms with van der Waals surface area (Å²) in [4.78, 5) is 30.6. The molecular formula is C29H32FN7O5S. The highest BCUT2D eigenvalue weighted by molar-refractivity contribution is 7.90. The number of nitrogens with one attached hydrogen (secondary N) is 1. The monoisotopic (exact) mass is 609 g/mol. The van der Waals surface area contributed by atoms with Crippen molar-refractivity contribution in [1.29, 1.82) is 0 Å². The molecule has 2 atom stereocenters. The molecule has 4 heterocycles. The van der Waals surface area contributed by atoms with Crippen LogP contribution < -0.4 is 11.0 Å². The fraction of sp³-hybridized carbons (Fsp3) is 0.379. The number of rotatable bonds is 5. The molecule has 12 nitrogen and oxygen atoms in total. The van der Waals surface area contributed by atoms with Gasteiger partial charge in [0, 0.05) is 37.8 Å². The Morgan fingerprint density at radius 3 is 2.51 bits per heavy atom. The zero-order chi connectivity index (χ0) is 30.8. The fourth-order valence-electron chi connectivity index (χ4n) is 5.86. The van der Waals surface area contributed by atoms with Crippen molar-refractivity contribution in [2.24, 2.45) is 14.1 Å². The third-order valence-corrected chi connectivity index (χ3v) is 9.39. The van der Waals surface area contributed by atoms with E-state index in [0.29, 0.717) is 35.7 Å². The summed E-state index contributed by atoms with van der Waals surface area (Å²) in [6, 6.07) is 8.85. The summed E-state index contributed by atoms with van der Waals surface area (Å²) < 4.78 is 54.0. The standard InChI is InChI=1S/C29H32FN7O5S/c1-29(2,3)42-27(38)32-17-11-12-18(13-17)36-24-20-14-22(21-16-34(4)33-25(21)30)37(43(40,41)19-9-7-6-8-10-19)26(20)31-15-23(24)35(5)28(36)39/h6-10,14-18H,11-13H2,1-5H3,(H,32,38)/t17-,18-/m1/s1. The Kier molecular flexibility index (Phi) is 6.71. The van der Waals surface area contributed by atoms with E-state index in [9.17, 15) is 18.0 Å². The van der Waals surface area contributed by atoms with Gasteiger partial charge in [-0.05, 0) is 58.2 Å². The molecule has 226 valence electrons. The lowest BCUT2D eigenvalue weighted by molar-refractivity contribution is 0.0504. The van der Waals surface area contributed by atoms with E-state index in [0.717, 1.165) is 3.97 Å². The molecule has 1 N–H and O–H groups in total. The normalized spacial score (nSPS) is 17.6. The van der Waals surface area contributed by atoms with Crippen LogP contribution in [0.3, 0.4) is 0 Å². The summed E-state index contributed by atoms with van der Waals surface area (Å²) in [6.07, 6.45) is 4.02. The van der Waals surface area contributed by atoms with Gasteiger partial charge in [-0.1, -0.05) is 18.2 Å². The summed E-state index contributed by atoms with van der Waals surface area (Å²) in [5, 5.41) is 7.06. The molecule has 5 aromatic rings. The van der Waals surface area contributed by atoms with Gasteiger partial charge in [-0.2, -0.15) is 4.39 Å². The highest BCUT2D eigenvalue weighted by Crippen LogP contribution is 2.38. The first-order valence-electron chi connectivity index (χ1n) is 13.9. The summed E-state index contributed by atoms with van der Waals surface area (Å²) in [7, 11) is -1.09. The van der Waals surface area contributed by atoms with Gasteiger partial charge in [-0.3, -0.25) is 13.8 Å². The van der Waals surface area contributed by atoms with E-state index in [4.69, 9.17) is 4.74 Å². The first-order chi connectivity index (χ1) is 20.3. The van der Waals surface area contributed by atoms with E-state index < -0.39 is 27.7 Å². The molecule has 4 aromatic heterocycles. The lowest BCUT2D eigenvalue weighted by Gasteiger charge is -2.22. The number of benzene rings is 1. The van der Waals surface area contributed by atoms with Crippen LogP contribution in [0.5, 0.6) is 0 Å². The number of carbonyl (C=O) groups excluding carboxylic acids is 1. The van der Waals surface area contributed by atoms with Crippen molar-refractivity contribution < 1.29 is 22.3 Å². The summed E-state index contributed by atoms with van der Waals surface area (Å²) >= 11 is 0. The number of amides is 1. The van der Waals surface area contributed by atoms with Crippen LogP contribution in [-0.4, -0.2) is 54.0 Å². The second-order valence-corrected chi connectivity index (χ2v) is 13.7. The van der Waals surface area contributed by atoms with Gasteiger partial charge < -0.3 is 10.1 Å². The van der Waals surface area contributed by atoms with Gasteiger partial charge in [-0.25, -0.2) is 27.0 Å². The molecule has 1 amide bonds. The molecule has 1 aliphatic carbocycles. The van der Waals surface area contributed by atoms with Crippen molar-refractivity contribution in [3.63, 3.8) is 0 Å². The van der Waals surface area contributed by atoms with Gasteiger partial charge >= 0.3 is 11.8 Å².